The molecule has 1 aromatic carbocycles. The molecule has 0 fully saturated rings. The Labute approximate surface area is 168 Å². The number of nitrogens with zero attached hydrogens (tertiary/aromatic N) is 1. The number of rotatable bonds is 5. The third-order valence-corrected chi connectivity index (χ3v) is 3.83. The first-order valence-electron chi connectivity index (χ1n) is 7.85. The van der Waals surface area contributed by atoms with Crippen LogP contribution in [0.5, 0.6) is 0 Å². The second-order valence-electron chi connectivity index (χ2n) is 6.07. The monoisotopic (exact) mass is 423 g/mol. The number of alkyl halides is 3. The van der Waals surface area contributed by atoms with Crippen molar-refractivity contribution in [3.8, 4) is 0 Å². The first kappa shape index (κ1) is 25.2. The number of hydrogen-bond donors (Lipinski definition) is 2. The molecule has 9 heteroatoms. The summed E-state index contributed by atoms with van der Waals surface area (Å²) >= 11 is 0. The van der Waals surface area contributed by atoms with Crippen molar-refractivity contribution in [2.75, 3.05) is 6.54 Å². The number of benzene rings is 1. The van der Waals surface area contributed by atoms with Crippen LogP contribution in [0.25, 0.3) is 0 Å². The average Bonchev–Trinajstić information content (AvgIpc) is 2.58. The van der Waals surface area contributed by atoms with Crippen LogP contribution in [-0.4, -0.2) is 17.4 Å². The van der Waals surface area contributed by atoms with Crippen molar-refractivity contribution >= 4 is 30.7 Å². The lowest BCUT2D eigenvalue weighted by Gasteiger charge is -2.15. The molecule has 2 aromatic rings. The fraction of sp³-hybridized carbons (Fsp3) is 0.333. The predicted octanol–water partition coefficient (Wildman–Crippen LogP) is 4.50. The number of carbonyl (C=O) groups excluding carboxylic acids is 1. The highest BCUT2D eigenvalue weighted by Gasteiger charge is 2.32. The van der Waals surface area contributed by atoms with Crippen LogP contribution in [-0.2, 0) is 6.18 Å². The Morgan fingerprint density at radius 2 is 1.63 bits per heavy atom. The summed E-state index contributed by atoms with van der Waals surface area (Å²) in [7, 11) is 0. The maximum Gasteiger partial charge on any atom is 0.433 e. The van der Waals surface area contributed by atoms with Gasteiger partial charge in [0.05, 0.1) is 5.56 Å². The number of nitrogens with one attached hydrogen (secondary N) is 1. The number of pyridine rings is 1. The van der Waals surface area contributed by atoms with Crippen LogP contribution < -0.4 is 11.1 Å². The summed E-state index contributed by atoms with van der Waals surface area (Å²) in [6, 6.07) is 9.25. The molecule has 0 spiro atoms. The molecule has 3 N–H and O–H groups in total. The van der Waals surface area contributed by atoms with Crippen LogP contribution in [0.2, 0.25) is 0 Å². The number of hydrogen-bond acceptors (Lipinski definition) is 3. The summed E-state index contributed by atoms with van der Waals surface area (Å²) in [6.07, 6.45) is -3.62. The van der Waals surface area contributed by atoms with Gasteiger partial charge >= 0.3 is 6.18 Å². The molecule has 1 unspecified atom stereocenters. The zero-order chi connectivity index (χ0) is 18.6. The zero-order valence-corrected chi connectivity index (χ0v) is 16.4. The normalized spacial score (nSPS) is 12.0. The second kappa shape index (κ2) is 10.5. The van der Waals surface area contributed by atoms with Crippen molar-refractivity contribution in [1.82, 2.24) is 10.3 Å². The van der Waals surface area contributed by atoms with E-state index >= 15 is 0 Å². The fourth-order valence-electron chi connectivity index (χ4n) is 2.25. The van der Waals surface area contributed by atoms with Gasteiger partial charge in [0.1, 0.15) is 5.69 Å². The number of halogens is 5. The van der Waals surface area contributed by atoms with Crippen molar-refractivity contribution in [1.29, 1.82) is 0 Å². The molecule has 0 saturated carbocycles. The van der Waals surface area contributed by atoms with Crippen LogP contribution in [0.15, 0.2) is 42.6 Å². The lowest BCUT2D eigenvalue weighted by Crippen LogP contribution is -2.32. The summed E-state index contributed by atoms with van der Waals surface area (Å²) in [5, 5.41) is 2.61. The van der Waals surface area contributed by atoms with Crippen molar-refractivity contribution in [2.45, 2.75) is 32.0 Å². The van der Waals surface area contributed by atoms with Crippen LogP contribution in [0, 0.1) is 0 Å². The average molecular weight is 424 g/mol. The SMILES string of the molecule is CC(C)c1ccc(C(N)CNC(=O)c2ccc(C(F)(F)F)nc2)cc1.Cl.Cl. The Morgan fingerprint density at radius 1 is 1.07 bits per heavy atom. The highest BCUT2D eigenvalue weighted by Crippen LogP contribution is 2.27. The third kappa shape index (κ3) is 7.01. The van der Waals surface area contributed by atoms with Gasteiger partial charge in [0.15, 0.2) is 0 Å². The van der Waals surface area contributed by atoms with Gasteiger partial charge in [-0.1, -0.05) is 38.1 Å². The molecular weight excluding hydrogens is 402 g/mol. The second-order valence-corrected chi connectivity index (χ2v) is 6.07. The summed E-state index contributed by atoms with van der Waals surface area (Å²) in [5.74, 6) is -0.104. The molecule has 27 heavy (non-hydrogen) atoms. The number of aromatic nitrogens is 1. The van der Waals surface area contributed by atoms with E-state index in [9.17, 15) is 18.0 Å². The summed E-state index contributed by atoms with van der Waals surface area (Å²) in [4.78, 5) is 15.3. The van der Waals surface area contributed by atoms with E-state index in [-0.39, 0.29) is 36.9 Å². The first-order chi connectivity index (χ1) is 11.7. The minimum Gasteiger partial charge on any atom is -0.350 e. The lowest BCUT2D eigenvalue weighted by atomic mass is 9.99. The summed E-state index contributed by atoms with van der Waals surface area (Å²) in [5.41, 5.74) is 7.13. The highest BCUT2D eigenvalue weighted by molar-refractivity contribution is 5.93. The molecule has 0 saturated heterocycles. The van der Waals surface area contributed by atoms with Crippen LogP contribution in [0.4, 0.5) is 13.2 Å². The fourth-order valence-corrected chi connectivity index (χ4v) is 2.25. The molecule has 0 aliphatic rings. The van der Waals surface area contributed by atoms with Gasteiger partial charge in [0, 0.05) is 18.8 Å². The van der Waals surface area contributed by atoms with E-state index in [0.29, 0.717) is 5.92 Å². The molecule has 2 rings (SSSR count). The smallest absolute Gasteiger partial charge is 0.350 e. The predicted molar refractivity (Wildman–Crippen MR) is 104 cm³/mol. The van der Waals surface area contributed by atoms with Crippen LogP contribution in [0.3, 0.4) is 0 Å². The molecule has 0 aliphatic carbocycles. The third-order valence-electron chi connectivity index (χ3n) is 3.83. The highest BCUT2D eigenvalue weighted by atomic mass is 35.5. The van der Waals surface area contributed by atoms with E-state index in [1.807, 2.05) is 24.3 Å². The van der Waals surface area contributed by atoms with Crippen molar-refractivity contribution in [3.63, 3.8) is 0 Å². The van der Waals surface area contributed by atoms with Gasteiger partial charge in [-0.15, -0.1) is 24.8 Å². The molecule has 4 nitrogen and oxygen atoms in total. The van der Waals surface area contributed by atoms with Gasteiger partial charge in [0.2, 0.25) is 0 Å². The van der Waals surface area contributed by atoms with Gasteiger partial charge in [0.25, 0.3) is 5.91 Å². The molecule has 0 radical (unpaired) electrons. The Kier molecular flexibility index (Phi) is 9.78. The van der Waals surface area contributed by atoms with E-state index < -0.39 is 23.8 Å². The maximum absolute atomic E-state index is 12.5. The lowest BCUT2D eigenvalue weighted by molar-refractivity contribution is -0.141. The molecule has 0 bridgehead atoms. The van der Waals surface area contributed by atoms with E-state index in [4.69, 9.17) is 5.73 Å². The quantitative estimate of drug-likeness (QED) is 0.743. The molecule has 1 aromatic heterocycles. The van der Waals surface area contributed by atoms with E-state index in [2.05, 4.69) is 24.1 Å². The van der Waals surface area contributed by atoms with Gasteiger partial charge < -0.3 is 11.1 Å². The molecular formula is C18H22Cl2F3N3O. The maximum atomic E-state index is 12.5. The Balaban J connectivity index is 0.00000338. The van der Waals surface area contributed by atoms with Crippen LogP contribution in [0.1, 0.15) is 53.0 Å². The standard InChI is InChI=1S/C18H20F3N3O.2ClH/c1-11(2)12-3-5-13(6-4-12)15(22)10-24-17(25)14-7-8-16(23-9-14)18(19,20)21;;/h3-9,11,15H,10,22H2,1-2H3,(H,24,25);2*1H. The van der Waals surface area contributed by atoms with Gasteiger partial charge in [-0.25, -0.2) is 0 Å². The van der Waals surface area contributed by atoms with Crippen molar-refractivity contribution in [3.05, 3.63) is 65.0 Å². The molecule has 0 aliphatic heterocycles. The van der Waals surface area contributed by atoms with E-state index in [0.717, 1.165) is 23.9 Å². The first-order valence-corrected chi connectivity index (χ1v) is 7.85. The molecule has 150 valence electrons. The summed E-state index contributed by atoms with van der Waals surface area (Å²) < 4.78 is 37.4. The Hall–Kier alpha value is -1.83. The molecule has 1 atom stereocenters. The number of amides is 1. The summed E-state index contributed by atoms with van der Waals surface area (Å²) in [6.45, 7) is 4.35. The van der Waals surface area contributed by atoms with E-state index in [1.165, 1.54) is 5.56 Å². The van der Waals surface area contributed by atoms with Gasteiger partial charge in [-0.2, -0.15) is 13.2 Å². The largest absolute Gasteiger partial charge is 0.433 e. The molecule has 1 heterocycles. The minimum atomic E-state index is -4.53. The Morgan fingerprint density at radius 3 is 2.07 bits per heavy atom. The van der Waals surface area contributed by atoms with Crippen molar-refractivity contribution < 1.29 is 18.0 Å². The van der Waals surface area contributed by atoms with Gasteiger partial charge in [-0.3, -0.25) is 9.78 Å². The Bertz CT molecular complexity index is 720. The minimum absolute atomic E-state index is 0. The van der Waals surface area contributed by atoms with Crippen LogP contribution >= 0.6 is 24.8 Å². The topological polar surface area (TPSA) is 68.0 Å². The van der Waals surface area contributed by atoms with E-state index in [1.54, 1.807) is 0 Å². The van der Waals surface area contributed by atoms with Crippen molar-refractivity contribution in [2.24, 2.45) is 5.73 Å². The number of carbonyl (C=O) groups is 1. The van der Waals surface area contributed by atoms with Gasteiger partial charge in [-0.05, 0) is 29.2 Å². The molecule has 1 amide bonds. The zero-order valence-electron chi connectivity index (χ0n) is 14.8. The number of nitrogens with two attached hydrogens (primary N) is 1.